The Kier molecular flexibility index (Phi) is 4.42. The van der Waals surface area contributed by atoms with Crippen LogP contribution in [0.2, 0.25) is 0 Å². The number of ether oxygens (including phenoxy) is 2. The summed E-state index contributed by atoms with van der Waals surface area (Å²) in [4.78, 5) is 26.2. The van der Waals surface area contributed by atoms with Gasteiger partial charge in [-0.15, -0.1) is 5.10 Å². The van der Waals surface area contributed by atoms with Crippen LogP contribution in [0.1, 0.15) is 37.0 Å². The molecule has 0 bridgehead atoms. The van der Waals surface area contributed by atoms with Crippen LogP contribution in [0.5, 0.6) is 0 Å². The number of amides is 1. The van der Waals surface area contributed by atoms with Crippen molar-refractivity contribution in [1.29, 1.82) is 0 Å². The maximum Gasteiger partial charge on any atom is 0.354 e. The highest BCUT2D eigenvalue weighted by molar-refractivity contribution is 6.24. The number of nitrogens with one attached hydrogen (secondary N) is 2. The molecule has 1 amide bonds. The van der Waals surface area contributed by atoms with Crippen molar-refractivity contribution in [1.82, 2.24) is 10.4 Å². The normalized spacial score (nSPS) is 16.1. The average molecular weight is 291 g/mol. The number of nitrogens with zero attached hydrogens (tertiary/aromatic N) is 1. The van der Waals surface area contributed by atoms with Crippen LogP contribution in [0.25, 0.3) is 6.08 Å². The second-order valence-corrected chi connectivity index (χ2v) is 4.63. The van der Waals surface area contributed by atoms with Crippen LogP contribution in [0.15, 0.2) is 22.8 Å². The number of hydrazone groups is 1. The van der Waals surface area contributed by atoms with E-state index < -0.39 is 5.97 Å². The smallest absolute Gasteiger partial charge is 0.354 e. The van der Waals surface area contributed by atoms with Gasteiger partial charge in [-0.2, -0.15) is 0 Å². The Morgan fingerprint density at radius 2 is 2.19 bits per heavy atom. The first-order valence-electron chi connectivity index (χ1n) is 6.64. The summed E-state index contributed by atoms with van der Waals surface area (Å²) < 4.78 is 10.3. The van der Waals surface area contributed by atoms with Crippen molar-refractivity contribution >= 4 is 23.9 Å². The fourth-order valence-electron chi connectivity index (χ4n) is 1.74. The van der Waals surface area contributed by atoms with Crippen LogP contribution in [0, 0.1) is 0 Å². The van der Waals surface area contributed by atoms with Gasteiger partial charge in [-0.1, -0.05) is 0 Å². The largest absolute Gasteiger partial charge is 0.473 e. The van der Waals surface area contributed by atoms with Crippen LogP contribution in [0.4, 0.5) is 0 Å². The second kappa shape index (κ2) is 6.25. The van der Waals surface area contributed by atoms with E-state index in [1.165, 1.54) is 0 Å². The number of carbonyl (C=O) groups excluding carboxylic acids is 2. The second-order valence-electron chi connectivity index (χ2n) is 4.63. The van der Waals surface area contributed by atoms with E-state index in [-0.39, 0.29) is 17.9 Å². The lowest BCUT2D eigenvalue weighted by atomic mass is 10.2. The Labute approximate surface area is 122 Å². The molecule has 1 aliphatic rings. The Morgan fingerprint density at radius 3 is 2.86 bits per heavy atom. The fourth-order valence-corrected chi connectivity index (χ4v) is 1.74. The van der Waals surface area contributed by atoms with Crippen LogP contribution in [-0.2, 0) is 14.3 Å². The molecule has 0 aliphatic carbocycles. The van der Waals surface area contributed by atoms with Gasteiger partial charge in [0.25, 0.3) is 5.91 Å². The summed E-state index contributed by atoms with van der Waals surface area (Å²) in [7, 11) is 0. The number of carbonyl (C=O) groups is 2. The third-order valence-electron chi connectivity index (χ3n) is 2.59. The van der Waals surface area contributed by atoms with Gasteiger partial charge in [0, 0.05) is 5.69 Å². The summed E-state index contributed by atoms with van der Waals surface area (Å²) in [6.45, 7) is 5.72. The lowest BCUT2D eigenvalue weighted by Crippen LogP contribution is -2.16. The summed E-state index contributed by atoms with van der Waals surface area (Å²) in [6.07, 6.45) is 1.48. The molecule has 112 valence electrons. The van der Waals surface area contributed by atoms with Gasteiger partial charge in [-0.05, 0) is 39.0 Å². The SMILES string of the molecule is CCOC(=O)c1ccc(/C=C2\C(=O)NN=C2OC(C)C)[nH]1. The monoisotopic (exact) mass is 291 g/mol. The number of esters is 1. The van der Waals surface area contributed by atoms with Gasteiger partial charge in [-0.3, -0.25) is 4.79 Å². The predicted octanol–water partition coefficient (Wildman–Crippen LogP) is 1.44. The highest BCUT2D eigenvalue weighted by Gasteiger charge is 2.25. The molecular formula is C14H17N3O4. The quantitative estimate of drug-likeness (QED) is 0.648. The van der Waals surface area contributed by atoms with E-state index in [0.717, 1.165) is 0 Å². The van der Waals surface area contributed by atoms with Crippen molar-refractivity contribution in [2.45, 2.75) is 26.9 Å². The Bertz CT molecular complexity index is 613. The molecule has 0 radical (unpaired) electrons. The lowest BCUT2D eigenvalue weighted by molar-refractivity contribution is -0.116. The third-order valence-corrected chi connectivity index (χ3v) is 2.59. The van der Waals surface area contributed by atoms with Crippen LogP contribution < -0.4 is 5.43 Å². The van der Waals surface area contributed by atoms with E-state index >= 15 is 0 Å². The summed E-state index contributed by atoms with van der Waals surface area (Å²) in [5, 5.41) is 3.83. The van der Waals surface area contributed by atoms with Gasteiger partial charge >= 0.3 is 5.97 Å². The minimum absolute atomic E-state index is 0.0985. The van der Waals surface area contributed by atoms with Gasteiger partial charge in [0.15, 0.2) is 0 Å². The van der Waals surface area contributed by atoms with Gasteiger partial charge in [0.2, 0.25) is 5.90 Å². The number of hydrogen-bond acceptors (Lipinski definition) is 5. The molecule has 2 heterocycles. The Morgan fingerprint density at radius 1 is 1.43 bits per heavy atom. The zero-order valence-electron chi connectivity index (χ0n) is 12.1. The highest BCUT2D eigenvalue weighted by atomic mass is 16.5. The zero-order valence-corrected chi connectivity index (χ0v) is 12.1. The number of aromatic nitrogens is 1. The molecule has 1 aromatic rings. The summed E-state index contributed by atoms with van der Waals surface area (Å²) in [5.41, 5.74) is 3.56. The molecule has 0 atom stereocenters. The first-order chi connectivity index (χ1) is 10.0. The van der Waals surface area contributed by atoms with Crippen LogP contribution in [0.3, 0.4) is 0 Å². The molecule has 0 saturated carbocycles. The molecular weight excluding hydrogens is 274 g/mol. The van der Waals surface area contributed by atoms with Gasteiger partial charge in [-0.25, -0.2) is 10.2 Å². The predicted molar refractivity (Wildman–Crippen MR) is 76.5 cm³/mol. The van der Waals surface area contributed by atoms with Crippen molar-refractivity contribution in [3.05, 3.63) is 29.1 Å². The standard InChI is InChI=1S/C14H17N3O4/c1-4-20-14(19)11-6-5-9(15-11)7-10-12(18)16-17-13(10)21-8(2)3/h5-8,15H,4H2,1-3H3,(H,16,18)/b10-7+. The van der Waals surface area contributed by atoms with E-state index in [0.29, 0.717) is 23.6 Å². The maximum absolute atomic E-state index is 11.7. The van der Waals surface area contributed by atoms with Crippen LogP contribution >= 0.6 is 0 Å². The van der Waals surface area contributed by atoms with Crippen molar-refractivity contribution < 1.29 is 19.1 Å². The molecule has 1 aromatic heterocycles. The minimum atomic E-state index is -0.439. The molecule has 0 aromatic carbocycles. The molecule has 0 unspecified atom stereocenters. The molecule has 2 N–H and O–H groups in total. The van der Waals surface area contributed by atoms with Crippen molar-refractivity contribution in [3.8, 4) is 0 Å². The molecule has 7 heteroatoms. The van der Waals surface area contributed by atoms with Crippen molar-refractivity contribution in [2.24, 2.45) is 5.10 Å². The fraction of sp³-hybridized carbons (Fsp3) is 0.357. The number of H-pyrrole nitrogens is 1. The molecule has 0 fully saturated rings. The zero-order chi connectivity index (χ0) is 15.4. The third kappa shape index (κ3) is 3.50. The molecule has 1 aliphatic heterocycles. The minimum Gasteiger partial charge on any atom is -0.473 e. The molecule has 0 saturated heterocycles. The highest BCUT2D eigenvalue weighted by Crippen LogP contribution is 2.14. The van der Waals surface area contributed by atoms with E-state index in [2.05, 4.69) is 15.5 Å². The summed E-state index contributed by atoms with van der Waals surface area (Å²) in [6, 6.07) is 3.27. The van der Waals surface area contributed by atoms with Gasteiger partial charge in [0.1, 0.15) is 11.3 Å². The van der Waals surface area contributed by atoms with E-state index in [1.54, 1.807) is 25.1 Å². The first-order valence-corrected chi connectivity index (χ1v) is 6.64. The van der Waals surface area contributed by atoms with E-state index in [4.69, 9.17) is 9.47 Å². The molecule has 21 heavy (non-hydrogen) atoms. The number of hydrogen-bond donors (Lipinski definition) is 2. The lowest BCUT2D eigenvalue weighted by Gasteiger charge is -2.08. The van der Waals surface area contributed by atoms with E-state index in [9.17, 15) is 9.59 Å². The molecule has 7 nitrogen and oxygen atoms in total. The van der Waals surface area contributed by atoms with Gasteiger partial charge < -0.3 is 14.5 Å². The average Bonchev–Trinajstić information content (AvgIpc) is 3.01. The molecule has 2 rings (SSSR count). The summed E-state index contributed by atoms with van der Waals surface area (Å²) >= 11 is 0. The van der Waals surface area contributed by atoms with Gasteiger partial charge in [0.05, 0.1) is 12.7 Å². The Hall–Kier alpha value is -2.57. The van der Waals surface area contributed by atoms with Crippen molar-refractivity contribution in [2.75, 3.05) is 6.61 Å². The number of rotatable bonds is 4. The first kappa shape index (κ1) is 14.8. The number of aromatic amines is 1. The van der Waals surface area contributed by atoms with E-state index in [1.807, 2.05) is 13.8 Å². The topological polar surface area (TPSA) is 92.8 Å². The Balaban J connectivity index is 2.20. The van der Waals surface area contributed by atoms with Crippen molar-refractivity contribution in [3.63, 3.8) is 0 Å². The molecule has 0 spiro atoms. The maximum atomic E-state index is 11.7. The summed E-state index contributed by atoms with van der Waals surface area (Å²) in [5.74, 6) is -0.550. The van der Waals surface area contributed by atoms with Crippen LogP contribution in [-0.4, -0.2) is 35.5 Å².